The molecule has 8 heteroatoms. The first-order chi connectivity index (χ1) is 11.4. The van der Waals surface area contributed by atoms with Crippen LogP contribution in [0.4, 0.5) is 4.39 Å². The Morgan fingerprint density at radius 1 is 1.17 bits per heavy atom. The molecule has 3 rings (SSSR count). The molecule has 1 aromatic carbocycles. The molecule has 0 aliphatic heterocycles. The molecule has 2 heterocycles. The van der Waals surface area contributed by atoms with Crippen LogP contribution < -0.4 is 4.74 Å². The van der Waals surface area contributed by atoms with E-state index in [9.17, 15) is 12.8 Å². The van der Waals surface area contributed by atoms with Gasteiger partial charge in [-0.2, -0.15) is 4.39 Å². The van der Waals surface area contributed by atoms with Gasteiger partial charge in [0.1, 0.15) is 0 Å². The smallest absolute Gasteiger partial charge is 0.270 e. The molecule has 24 heavy (non-hydrogen) atoms. The summed E-state index contributed by atoms with van der Waals surface area (Å²) in [6.07, 6.45) is 1.46. The van der Waals surface area contributed by atoms with Gasteiger partial charge in [0.25, 0.3) is 10.0 Å². The fraction of sp³-hybridized carbons (Fsp3) is 0.0625. The minimum atomic E-state index is -4.10. The van der Waals surface area contributed by atoms with E-state index in [4.69, 9.17) is 4.74 Å². The topological polar surface area (TPSA) is 61.2 Å². The summed E-state index contributed by atoms with van der Waals surface area (Å²) >= 11 is 3.06. The molecular weight excluding hydrogens is 399 g/mol. The quantitative estimate of drug-likeness (QED) is 0.657. The maximum Gasteiger partial charge on any atom is 0.270 e. The first kappa shape index (κ1) is 16.7. The predicted molar refractivity (Wildman–Crippen MR) is 90.9 cm³/mol. The van der Waals surface area contributed by atoms with E-state index >= 15 is 0 Å². The van der Waals surface area contributed by atoms with E-state index in [1.165, 1.54) is 37.6 Å². The summed E-state index contributed by atoms with van der Waals surface area (Å²) in [5.41, 5.74) is 0.634. The highest BCUT2D eigenvalue weighted by Crippen LogP contribution is 2.33. The lowest BCUT2D eigenvalue weighted by Gasteiger charge is -2.11. The van der Waals surface area contributed by atoms with Crippen molar-refractivity contribution in [3.05, 3.63) is 65.1 Å². The maximum absolute atomic E-state index is 14.6. The molecule has 0 N–H and O–H groups in total. The van der Waals surface area contributed by atoms with E-state index in [2.05, 4.69) is 20.9 Å². The highest BCUT2D eigenvalue weighted by Gasteiger charge is 2.26. The normalized spacial score (nSPS) is 11.5. The zero-order valence-corrected chi connectivity index (χ0v) is 14.9. The molecule has 0 spiro atoms. The van der Waals surface area contributed by atoms with Crippen molar-refractivity contribution >= 4 is 26.0 Å². The van der Waals surface area contributed by atoms with Crippen LogP contribution in [0.5, 0.6) is 5.88 Å². The Kier molecular flexibility index (Phi) is 4.42. The van der Waals surface area contributed by atoms with Crippen LogP contribution in [0, 0.1) is 5.95 Å². The Hall–Kier alpha value is -2.19. The van der Waals surface area contributed by atoms with Crippen molar-refractivity contribution in [1.82, 2.24) is 8.96 Å². The minimum absolute atomic E-state index is 0.00530. The zero-order valence-electron chi connectivity index (χ0n) is 12.5. The zero-order chi connectivity index (χ0) is 17.3. The van der Waals surface area contributed by atoms with Crippen LogP contribution in [0.1, 0.15) is 0 Å². The number of benzene rings is 1. The number of hydrogen-bond acceptors (Lipinski definition) is 4. The molecule has 2 aromatic heterocycles. The molecule has 124 valence electrons. The van der Waals surface area contributed by atoms with Crippen molar-refractivity contribution in [2.75, 3.05) is 7.11 Å². The van der Waals surface area contributed by atoms with Crippen molar-refractivity contribution in [3.8, 4) is 17.1 Å². The van der Waals surface area contributed by atoms with Crippen molar-refractivity contribution in [1.29, 1.82) is 0 Å². The molecule has 0 unspecified atom stereocenters. The number of pyridine rings is 1. The van der Waals surface area contributed by atoms with E-state index in [0.29, 0.717) is 15.4 Å². The third-order valence-electron chi connectivity index (χ3n) is 3.38. The van der Waals surface area contributed by atoms with Crippen LogP contribution in [0.2, 0.25) is 0 Å². The van der Waals surface area contributed by atoms with Gasteiger partial charge in [-0.05, 0) is 40.2 Å². The van der Waals surface area contributed by atoms with Crippen LogP contribution in [-0.2, 0) is 10.0 Å². The van der Waals surface area contributed by atoms with Gasteiger partial charge in [0.05, 0.1) is 22.2 Å². The SMILES string of the molecule is COc1cc(-c2cc(Br)c(F)n2S(=O)(=O)c2ccccc2)ccn1. The number of nitrogens with zero attached hydrogens (tertiary/aromatic N) is 2. The number of halogens is 2. The third-order valence-corrected chi connectivity index (χ3v) is 5.64. The van der Waals surface area contributed by atoms with Gasteiger partial charge in [0, 0.05) is 17.8 Å². The van der Waals surface area contributed by atoms with Gasteiger partial charge in [-0.3, -0.25) is 0 Å². The molecule has 0 bridgehead atoms. The first-order valence-corrected chi connectivity index (χ1v) is 9.06. The second-order valence-electron chi connectivity index (χ2n) is 4.84. The highest BCUT2D eigenvalue weighted by atomic mass is 79.9. The summed E-state index contributed by atoms with van der Waals surface area (Å²) in [4.78, 5) is 3.97. The number of hydrogen-bond donors (Lipinski definition) is 0. The molecule has 0 amide bonds. The van der Waals surface area contributed by atoms with E-state index in [0.717, 1.165) is 0 Å². The predicted octanol–water partition coefficient (Wildman–Crippen LogP) is 3.70. The summed E-state index contributed by atoms with van der Waals surface area (Å²) in [5, 5.41) is 0. The fourth-order valence-corrected chi connectivity index (χ4v) is 4.20. The average Bonchev–Trinajstić information content (AvgIpc) is 2.91. The Labute approximate surface area is 146 Å². The van der Waals surface area contributed by atoms with Crippen molar-refractivity contribution in [3.63, 3.8) is 0 Å². The molecule has 0 radical (unpaired) electrons. The van der Waals surface area contributed by atoms with Gasteiger partial charge >= 0.3 is 0 Å². The van der Waals surface area contributed by atoms with E-state index in [1.807, 2.05) is 0 Å². The minimum Gasteiger partial charge on any atom is -0.481 e. The van der Waals surface area contributed by atoms with Crippen LogP contribution in [-0.4, -0.2) is 24.5 Å². The lowest BCUT2D eigenvalue weighted by atomic mass is 10.2. The highest BCUT2D eigenvalue weighted by molar-refractivity contribution is 9.10. The Balaban J connectivity index is 2.26. The molecule has 0 atom stereocenters. The molecule has 0 saturated carbocycles. The first-order valence-electron chi connectivity index (χ1n) is 6.83. The van der Waals surface area contributed by atoms with Gasteiger partial charge in [-0.1, -0.05) is 18.2 Å². The van der Waals surface area contributed by atoms with Gasteiger partial charge in [-0.25, -0.2) is 17.4 Å². The molecule has 3 aromatic rings. The van der Waals surface area contributed by atoms with E-state index < -0.39 is 16.0 Å². The number of methoxy groups -OCH3 is 1. The van der Waals surface area contributed by atoms with Crippen LogP contribution in [0.3, 0.4) is 0 Å². The lowest BCUT2D eigenvalue weighted by Crippen LogP contribution is -2.16. The van der Waals surface area contributed by atoms with Crippen molar-refractivity contribution in [2.24, 2.45) is 0 Å². The van der Waals surface area contributed by atoms with E-state index in [-0.39, 0.29) is 15.1 Å². The Morgan fingerprint density at radius 2 is 1.88 bits per heavy atom. The summed E-state index contributed by atoms with van der Waals surface area (Å²) in [5.74, 6) is -0.599. The lowest BCUT2D eigenvalue weighted by molar-refractivity contribution is 0.398. The maximum atomic E-state index is 14.6. The summed E-state index contributed by atoms with van der Waals surface area (Å²) in [7, 11) is -2.65. The number of ether oxygens (including phenoxy) is 1. The molecule has 0 aliphatic rings. The second-order valence-corrected chi connectivity index (χ2v) is 7.48. The van der Waals surface area contributed by atoms with Crippen LogP contribution >= 0.6 is 15.9 Å². The third kappa shape index (κ3) is 2.83. The Morgan fingerprint density at radius 3 is 2.54 bits per heavy atom. The molecule has 0 saturated heterocycles. The second kappa shape index (κ2) is 6.37. The van der Waals surface area contributed by atoms with Crippen LogP contribution in [0.25, 0.3) is 11.3 Å². The molecule has 0 aliphatic carbocycles. The van der Waals surface area contributed by atoms with Crippen molar-refractivity contribution in [2.45, 2.75) is 4.90 Å². The molecule has 5 nitrogen and oxygen atoms in total. The molecular formula is C16H12BrFN2O3S. The number of rotatable bonds is 4. The summed E-state index contributed by atoms with van der Waals surface area (Å²) in [6.45, 7) is 0. The van der Waals surface area contributed by atoms with E-state index in [1.54, 1.807) is 24.3 Å². The summed E-state index contributed by atoms with van der Waals surface area (Å²) < 4.78 is 46.1. The average molecular weight is 411 g/mol. The fourth-order valence-electron chi connectivity index (χ4n) is 2.25. The number of aromatic nitrogens is 2. The molecule has 0 fully saturated rings. The van der Waals surface area contributed by atoms with Crippen molar-refractivity contribution < 1.29 is 17.5 Å². The monoisotopic (exact) mass is 410 g/mol. The largest absolute Gasteiger partial charge is 0.481 e. The summed E-state index contributed by atoms with van der Waals surface area (Å²) in [6, 6.07) is 12.2. The van der Waals surface area contributed by atoms with Gasteiger partial charge < -0.3 is 4.74 Å². The van der Waals surface area contributed by atoms with Gasteiger partial charge in [-0.15, -0.1) is 0 Å². The standard InChI is InChI=1S/C16H12BrFN2O3S/c1-23-15-9-11(7-8-19-15)14-10-13(17)16(18)20(14)24(21,22)12-5-3-2-4-6-12/h2-10H,1H3. The Bertz CT molecular complexity index is 988. The van der Waals surface area contributed by atoms with Crippen LogP contribution in [0.15, 0.2) is 64.1 Å². The van der Waals surface area contributed by atoms with Gasteiger partial charge in [0.2, 0.25) is 11.8 Å². The van der Waals surface area contributed by atoms with Gasteiger partial charge in [0.15, 0.2) is 0 Å².